The van der Waals surface area contributed by atoms with Crippen LogP contribution in [0.2, 0.25) is 0 Å². The molecule has 0 bridgehead atoms. The van der Waals surface area contributed by atoms with Crippen LogP contribution in [0, 0.1) is 0 Å². The van der Waals surface area contributed by atoms with Gasteiger partial charge in [-0.15, -0.1) is 0 Å². The Morgan fingerprint density at radius 1 is 1.31 bits per heavy atom. The molecule has 0 heterocycles. The second-order valence-corrected chi connectivity index (χ2v) is 4.14. The van der Waals surface area contributed by atoms with E-state index in [0.717, 1.165) is 25.9 Å². The first-order chi connectivity index (χ1) is 7.60. The first-order valence-electron chi connectivity index (χ1n) is 6.25. The topological polar surface area (TPSA) is 58.4 Å². The fourth-order valence-electron chi connectivity index (χ4n) is 2.21. The lowest BCUT2D eigenvalue weighted by Gasteiger charge is -2.42. The maximum absolute atomic E-state index is 11.3. The third kappa shape index (κ3) is 3.76. The Morgan fingerprint density at radius 3 is 2.19 bits per heavy atom. The second kappa shape index (κ2) is 7.63. The molecule has 0 aromatic heterocycles. The minimum Gasteiger partial charge on any atom is -0.359 e. The van der Waals surface area contributed by atoms with Crippen LogP contribution >= 0.6 is 0 Å². The number of hydrogen-bond acceptors (Lipinski definition) is 3. The van der Waals surface area contributed by atoms with Crippen LogP contribution in [0.1, 0.15) is 40.0 Å². The lowest BCUT2D eigenvalue weighted by Crippen LogP contribution is -2.53. The molecule has 4 nitrogen and oxygen atoms in total. The van der Waals surface area contributed by atoms with Gasteiger partial charge in [-0.2, -0.15) is 0 Å². The van der Waals surface area contributed by atoms with Gasteiger partial charge in [-0.25, -0.2) is 0 Å². The number of carbonyl (C=O) groups excluding carboxylic acids is 1. The highest BCUT2D eigenvalue weighted by Crippen LogP contribution is 2.22. The molecule has 0 atom stereocenters. The molecule has 0 aliphatic heterocycles. The van der Waals surface area contributed by atoms with Crippen LogP contribution in [-0.4, -0.2) is 43.0 Å². The predicted molar refractivity (Wildman–Crippen MR) is 68.3 cm³/mol. The second-order valence-electron chi connectivity index (χ2n) is 4.14. The van der Waals surface area contributed by atoms with Crippen LogP contribution in [0.3, 0.4) is 0 Å². The van der Waals surface area contributed by atoms with E-state index in [1.54, 1.807) is 7.05 Å². The van der Waals surface area contributed by atoms with Gasteiger partial charge in [0.25, 0.3) is 0 Å². The predicted octanol–water partition coefficient (Wildman–Crippen LogP) is 0.962. The molecule has 0 fully saturated rings. The lowest BCUT2D eigenvalue weighted by molar-refractivity contribution is -0.121. The first kappa shape index (κ1) is 15.4. The Labute approximate surface area is 99.6 Å². The van der Waals surface area contributed by atoms with E-state index >= 15 is 0 Å². The van der Waals surface area contributed by atoms with E-state index in [4.69, 9.17) is 5.73 Å². The van der Waals surface area contributed by atoms with E-state index < -0.39 is 0 Å². The summed E-state index contributed by atoms with van der Waals surface area (Å²) >= 11 is 0. The van der Waals surface area contributed by atoms with Crippen molar-refractivity contribution < 1.29 is 4.79 Å². The van der Waals surface area contributed by atoms with Crippen LogP contribution in [0.25, 0.3) is 0 Å². The molecule has 16 heavy (non-hydrogen) atoms. The van der Waals surface area contributed by atoms with Gasteiger partial charge >= 0.3 is 0 Å². The highest BCUT2D eigenvalue weighted by molar-refractivity contribution is 5.75. The summed E-state index contributed by atoms with van der Waals surface area (Å²) in [4.78, 5) is 13.6. The molecule has 0 unspecified atom stereocenters. The number of nitrogens with one attached hydrogen (secondary N) is 1. The van der Waals surface area contributed by atoms with Crippen molar-refractivity contribution in [1.82, 2.24) is 10.2 Å². The summed E-state index contributed by atoms with van der Waals surface area (Å²) in [5.41, 5.74) is 5.96. The van der Waals surface area contributed by atoms with Gasteiger partial charge in [0, 0.05) is 32.1 Å². The molecule has 0 rings (SSSR count). The van der Waals surface area contributed by atoms with Crippen molar-refractivity contribution in [3.05, 3.63) is 0 Å². The smallest absolute Gasteiger partial charge is 0.221 e. The third-order valence-corrected chi connectivity index (χ3v) is 3.64. The number of nitrogens with zero attached hydrogens (tertiary/aromatic N) is 1. The number of hydrogen-bond donors (Lipinski definition) is 2. The fraction of sp³-hybridized carbons (Fsp3) is 0.917. The SMILES string of the molecule is CCN(CCC(=O)NC)C(CC)(CC)CN. The van der Waals surface area contributed by atoms with Crippen LogP contribution in [0.4, 0.5) is 0 Å². The van der Waals surface area contributed by atoms with Gasteiger partial charge in [0.2, 0.25) is 5.91 Å². The Hall–Kier alpha value is -0.610. The third-order valence-electron chi connectivity index (χ3n) is 3.64. The number of likely N-dealkylation sites (N-methyl/N-ethyl adjacent to an activating group) is 1. The summed E-state index contributed by atoms with van der Waals surface area (Å²) in [6.45, 7) is 8.84. The molecule has 0 aliphatic carbocycles. The van der Waals surface area contributed by atoms with E-state index in [9.17, 15) is 4.79 Å². The van der Waals surface area contributed by atoms with E-state index in [1.165, 1.54) is 0 Å². The van der Waals surface area contributed by atoms with Crippen LogP contribution in [-0.2, 0) is 4.79 Å². The Bertz CT molecular complexity index is 194. The molecular weight excluding hydrogens is 202 g/mol. The summed E-state index contributed by atoms with van der Waals surface area (Å²) < 4.78 is 0. The summed E-state index contributed by atoms with van der Waals surface area (Å²) in [5.74, 6) is 0.0941. The minimum absolute atomic E-state index is 0.0583. The maximum Gasteiger partial charge on any atom is 0.221 e. The molecule has 0 spiro atoms. The van der Waals surface area contributed by atoms with Crippen molar-refractivity contribution in [1.29, 1.82) is 0 Å². The Morgan fingerprint density at radius 2 is 1.88 bits per heavy atom. The maximum atomic E-state index is 11.3. The molecule has 0 saturated carbocycles. The summed E-state index contributed by atoms with van der Waals surface area (Å²) in [6, 6.07) is 0. The molecule has 0 saturated heterocycles. The van der Waals surface area contributed by atoms with Gasteiger partial charge in [-0.3, -0.25) is 9.69 Å². The van der Waals surface area contributed by atoms with E-state index in [-0.39, 0.29) is 11.4 Å². The van der Waals surface area contributed by atoms with Gasteiger partial charge in [0.15, 0.2) is 0 Å². The number of carbonyl (C=O) groups is 1. The lowest BCUT2D eigenvalue weighted by atomic mass is 9.90. The van der Waals surface area contributed by atoms with E-state index in [1.807, 2.05) is 0 Å². The van der Waals surface area contributed by atoms with Crippen molar-refractivity contribution >= 4 is 5.91 Å². The summed E-state index contributed by atoms with van der Waals surface area (Å²) in [5, 5.41) is 2.65. The van der Waals surface area contributed by atoms with Gasteiger partial charge in [-0.05, 0) is 19.4 Å². The average molecular weight is 229 g/mol. The standard InChI is InChI=1S/C12H27N3O/c1-5-12(6-2,10-13)15(7-3)9-8-11(16)14-4/h5-10,13H2,1-4H3,(H,14,16). The Kier molecular flexibility index (Phi) is 7.34. The molecule has 0 aromatic rings. The van der Waals surface area contributed by atoms with Gasteiger partial charge in [0.1, 0.15) is 0 Å². The molecule has 4 heteroatoms. The zero-order valence-electron chi connectivity index (χ0n) is 11.2. The van der Waals surface area contributed by atoms with Crippen molar-refractivity contribution in [3.63, 3.8) is 0 Å². The fourth-order valence-corrected chi connectivity index (χ4v) is 2.21. The van der Waals surface area contributed by atoms with E-state index in [2.05, 4.69) is 31.0 Å². The number of amides is 1. The number of rotatable bonds is 8. The van der Waals surface area contributed by atoms with Gasteiger partial charge in [0.05, 0.1) is 0 Å². The molecule has 96 valence electrons. The number of nitrogens with two attached hydrogens (primary N) is 1. The summed E-state index contributed by atoms with van der Waals surface area (Å²) in [6.07, 6.45) is 2.61. The van der Waals surface area contributed by atoms with Crippen molar-refractivity contribution in [3.8, 4) is 0 Å². The average Bonchev–Trinajstić information content (AvgIpc) is 2.34. The van der Waals surface area contributed by atoms with Crippen LogP contribution in [0.5, 0.6) is 0 Å². The normalized spacial score (nSPS) is 11.9. The zero-order valence-corrected chi connectivity index (χ0v) is 11.2. The summed E-state index contributed by atoms with van der Waals surface area (Å²) in [7, 11) is 1.68. The Balaban J connectivity index is 4.49. The zero-order chi connectivity index (χ0) is 12.6. The van der Waals surface area contributed by atoms with Crippen LogP contribution in [0.15, 0.2) is 0 Å². The largest absolute Gasteiger partial charge is 0.359 e. The molecule has 0 radical (unpaired) electrons. The quantitative estimate of drug-likeness (QED) is 0.652. The van der Waals surface area contributed by atoms with Crippen molar-refractivity contribution in [2.24, 2.45) is 5.73 Å². The van der Waals surface area contributed by atoms with E-state index in [0.29, 0.717) is 13.0 Å². The monoisotopic (exact) mass is 229 g/mol. The van der Waals surface area contributed by atoms with Crippen LogP contribution < -0.4 is 11.1 Å². The molecular formula is C12H27N3O. The van der Waals surface area contributed by atoms with Crippen molar-refractivity contribution in [2.75, 3.05) is 26.7 Å². The highest BCUT2D eigenvalue weighted by atomic mass is 16.1. The van der Waals surface area contributed by atoms with Gasteiger partial charge < -0.3 is 11.1 Å². The minimum atomic E-state index is 0.0583. The first-order valence-corrected chi connectivity index (χ1v) is 6.25. The molecule has 1 amide bonds. The molecule has 3 N–H and O–H groups in total. The molecule has 0 aromatic carbocycles. The van der Waals surface area contributed by atoms with Crippen molar-refractivity contribution in [2.45, 2.75) is 45.6 Å². The van der Waals surface area contributed by atoms with Gasteiger partial charge in [-0.1, -0.05) is 20.8 Å². The molecule has 0 aliphatic rings. The highest BCUT2D eigenvalue weighted by Gasteiger charge is 2.30.